The fourth-order valence-corrected chi connectivity index (χ4v) is 3.63. The van der Waals surface area contributed by atoms with Crippen LogP contribution in [-0.4, -0.2) is 27.7 Å². The van der Waals surface area contributed by atoms with Crippen molar-refractivity contribution in [3.8, 4) is 0 Å². The van der Waals surface area contributed by atoms with Gasteiger partial charge in [-0.3, -0.25) is 0 Å². The van der Waals surface area contributed by atoms with Crippen LogP contribution in [0.2, 0.25) is 0 Å². The van der Waals surface area contributed by atoms with Crippen molar-refractivity contribution < 1.29 is 13.2 Å². The van der Waals surface area contributed by atoms with Gasteiger partial charge in [-0.1, -0.05) is 0 Å². The lowest BCUT2D eigenvalue weighted by atomic mass is 10.1. The molecule has 0 spiro atoms. The second-order valence-corrected chi connectivity index (χ2v) is 6.68. The summed E-state index contributed by atoms with van der Waals surface area (Å²) in [5.41, 5.74) is 7.79. The van der Waals surface area contributed by atoms with E-state index >= 15 is 0 Å². The van der Waals surface area contributed by atoms with Crippen LogP contribution in [0.15, 0.2) is 17.0 Å². The quantitative estimate of drug-likeness (QED) is 0.818. The molecule has 1 saturated heterocycles. The minimum absolute atomic E-state index is 0.0164. The second kappa shape index (κ2) is 5.48. The molecule has 6 heteroatoms. The van der Waals surface area contributed by atoms with E-state index in [9.17, 15) is 8.42 Å². The molecule has 5 nitrogen and oxygen atoms in total. The molecule has 0 aliphatic carbocycles. The maximum atomic E-state index is 12.3. The van der Waals surface area contributed by atoms with Crippen LogP contribution in [0.3, 0.4) is 0 Å². The SMILES string of the molecule is Cc1cc(N)cc(S(=O)(=O)NCC2CCCO2)c1C. The van der Waals surface area contributed by atoms with Crippen LogP contribution in [0.4, 0.5) is 5.69 Å². The van der Waals surface area contributed by atoms with Crippen LogP contribution in [-0.2, 0) is 14.8 Å². The van der Waals surface area contributed by atoms with Crippen molar-refractivity contribution in [2.45, 2.75) is 37.7 Å². The monoisotopic (exact) mass is 284 g/mol. The fraction of sp³-hybridized carbons (Fsp3) is 0.538. The summed E-state index contributed by atoms with van der Waals surface area (Å²) < 4.78 is 32.6. The number of rotatable bonds is 4. The van der Waals surface area contributed by atoms with Gasteiger partial charge in [0.25, 0.3) is 0 Å². The van der Waals surface area contributed by atoms with Gasteiger partial charge in [0, 0.05) is 18.8 Å². The summed E-state index contributed by atoms with van der Waals surface area (Å²) in [7, 11) is -3.53. The summed E-state index contributed by atoms with van der Waals surface area (Å²) >= 11 is 0. The zero-order valence-corrected chi connectivity index (χ0v) is 12.1. The fourth-order valence-electron chi connectivity index (χ4n) is 2.22. The largest absolute Gasteiger partial charge is 0.399 e. The van der Waals surface area contributed by atoms with Crippen molar-refractivity contribution >= 4 is 15.7 Å². The normalized spacial score (nSPS) is 19.8. The van der Waals surface area contributed by atoms with Gasteiger partial charge in [-0.05, 0) is 49.9 Å². The minimum atomic E-state index is -3.53. The van der Waals surface area contributed by atoms with Crippen LogP contribution in [0.25, 0.3) is 0 Å². The van der Waals surface area contributed by atoms with Crippen molar-refractivity contribution in [2.24, 2.45) is 0 Å². The van der Waals surface area contributed by atoms with E-state index in [1.54, 1.807) is 13.0 Å². The summed E-state index contributed by atoms with van der Waals surface area (Å²) in [6, 6.07) is 3.27. The van der Waals surface area contributed by atoms with Gasteiger partial charge in [-0.2, -0.15) is 0 Å². The zero-order chi connectivity index (χ0) is 14.0. The van der Waals surface area contributed by atoms with Crippen molar-refractivity contribution in [2.75, 3.05) is 18.9 Å². The molecule has 2 rings (SSSR count). The highest BCUT2D eigenvalue weighted by Crippen LogP contribution is 2.22. The van der Waals surface area contributed by atoms with E-state index in [-0.39, 0.29) is 11.0 Å². The molecule has 106 valence electrons. The Morgan fingerprint density at radius 3 is 2.79 bits per heavy atom. The number of anilines is 1. The predicted octanol–water partition coefficient (Wildman–Crippen LogP) is 1.34. The maximum absolute atomic E-state index is 12.3. The molecule has 19 heavy (non-hydrogen) atoms. The number of hydrogen-bond donors (Lipinski definition) is 2. The average molecular weight is 284 g/mol. The molecular weight excluding hydrogens is 264 g/mol. The number of nitrogens with one attached hydrogen (secondary N) is 1. The molecule has 0 saturated carbocycles. The Labute approximate surface area is 114 Å². The third kappa shape index (κ3) is 3.26. The third-order valence-electron chi connectivity index (χ3n) is 3.46. The van der Waals surface area contributed by atoms with Crippen molar-refractivity contribution in [3.63, 3.8) is 0 Å². The summed E-state index contributed by atoms with van der Waals surface area (Å²) in [6.07, 6.45) is 1.87. The second-order valence-electron chi connectivity index (χ2n) is 4.95. The Kier molecular flexibility index (Phi) is 4.13. The van der Waals surface area contributed by atoms with Crippen LogP contribution >= 0.6 is 0 Å². The number of nitrogens with two attached hydrogens (primary N) is 1. The Hall–Kier alpha value is -1.11. The molecule has 1 fully saturated rings. The van der Waals surface area contributed by atoms with Gasteiger partial charge in [0.2, 0.25) is 10.0 Å². The van der Waals surface area contributed by atoms with Crippen molar-refractivity contribution in [3.05, 3.63) is 23.3 Å². The van der Waals surface area contributed by atoms with Gasteiger partial charge in [0.15, 0.2) is 0 Å². The number of hydrogen-bond acceptors (Lipinski definition) is 4. The first-order valence-corrected chi connectivity index (χ1v) is 7.86. The number of nitrogen functional groups attached to an aromatic ring is 1. The lowest BCUT2D eigenvalue weighted by molar-refractivity contribution is 0.114. The first-order chi connectivity index (χ1) is 8.90. The average Bonchev–Trinajstić information content (AvgIpc) is 2.84. The van der Waals surface area contributed by atoms with Crippen LogP contribution in [0.5, 0.6) is 0 Å². The van der Waals surface area contributed by atoms with Gasteiger partial charge in [-0.25, -0.2) is 13.1 Å². The topological polar surface area (TPSA) is 81.4 Å². The Bertz CT molecular complexity index is 563. The molecule has 3 N–H and O–H groups in total. The van der Waals surface area contributed by atoms with Gasteiger partial charge < -0.3 is 10.5 Å². The van der Waals surface area contributed by atoms with E-state index in [4.69, 9.17) is 10.5 Å². The van der Waals surface area contributed by atoms with Crippen LogP contribution in [0, 0.1) is 13.8 Å². The summed E-state index contributed by atoms with van der Waals surface area (Å²) in [5, 5.41) is 0. The van der Waals surface area contributed by atoms with Gasteiger partial charge >= 0.3 is 0 Å². The molecule has 1 aromatic rings. The van der Waals surface area contributed by atoms with E-state index in [1.807, 2.05) is 6.92 Å². The summed E-state index contributed by atoms with van der Waals surface area (Å²) in [4.78, 5) is 0.253. The Balaban J connectivity index is 2.19. The minimum Gasteiger partial charge on any atom is -0.399 e. The number of sulfonamides is 1. The van der Waals surface area contributed by atoms with Gasteiger partial charge in [-0.15, -0.1) is 0 Å². The number of ether oxygens (including phenoxy) is 1. The first-order valence-electron chi connectivity index (χ1n) is 6.38. The Morgan fingerprint density at radius 2 is 2.16 bits per heavy atom. The number of benzene rings is 1. The summed E-state index contributed by atoms with van der Waals surface area (Å²) in [6.45, 7) is 4.67. The standard InChI is InChI=1S/C13H20N2O3S/c1-9-6-11(14)7-13(10(9)2)19(16,17)15-8-12-4-3-5-18-12/h6-7,12,15H,3-5,8,14H2,1-2H3. The Morgan fingerprint density at radius 1 is 1.42 bits per heavy atom. The molecule has 1 aliphatic heterocycles. The van der Waals surface area contributed by atoms with Crippen molar-refractivity contribution in [1.82, 2.24) is 4.72 Å². The first kappa shape index (κ1) is 14.3. The third-order valence-corrected chi connectivity index (χ3v) is 5.01. The molecule has 0 radical (unpaired) electrons. The molecule has 0 bridgehead atoms. The molecule has 1 aliphatic rings. The molecule has 0 aromatic heterocycles. The molecule has 1 heterocycles. The highest BCUT2D eigenvalue weighted by Gasteiger charge is 2.22. The highest BCUT2D eigenvalue weighted by molar-refractivity contribution is 7.89. The van der Waals surface area contributed by atoms with E-state index in [1.165, 1.54) is 6.07 Å². The van der Waals surface area contributed by atoms with E-state index in [2.05, 4.69) is 4.72 Å². The van der Waals surface area contributed by atoms with Crippen LogP contribution < -0.4 is 10.5 Å². The van der Waals surface area contributed by atoms with Crippen LogP contribution in [0.1, 0.15) is 24.0 Å². The molecular formula is C13H20N2O3S. The molecule has 1 unspecified atom stereocenters. The van der Waals surface area contributed by atoms with Gasteiger partial charge in [0.05, 0.1) is 11.0 Å². The predicted molar refractivity (Wildman–Crippen MR) is 74.5 cm³/mol. The van der Waals surface area contributed by atoms with Gasteiger partial charge in [0.1, 0.15) is 0 Å². The summed E-state index contributed by atoms with van der Waals surface area (Å²) in [5.74, 6) is 0. The smallest absolute Gasteiger partial charge is 0.241 e. The van der Waals surface area contributed by atoms with Crippen molar-refractivity contribution in [1.29, 1.82) is 0 Å². The zero-order valence-electron chi connectivity index (χ0n) is 11.3. The van der Waals surface area contributed by atoms with E-state index in [0.717, 1.165) is 24.0 Å². The highest BCUT2D eigenvalue weighted by atomic mass is 32.2. The lowest BCUT2D eigenvalue weighted by Crippen LogP contribution is -2.32. The molecule has 1 aromatic carbocycles. The van der Waals surface area contributed by atoms with E-state index < -0.39 is 10.0 Å². The number of aryl methyl sites for hydroxylation is 1. The molecule has 1 atom stereocenters. The lowest BCUT2D eigenvalue weighted by Gasteiger charge is -2.14. The maximum Gasteiger partial charge on any atom is 0.241 e. The molecule has 0 amide bonds. The van der Waals surface area contributed by atoms with E-state index in [0.29, 0.717) is 18.8 Å².